The van der Waals surface area contributed by atoms with Crippen LogP contribution in [0, 0.1) is 5.41 Å². The first-order chi connectivity index (χ1) is 10.6. The molecule has 116 valence electrons. The van der Waals surface area contributed by atoms with Crippen LogP contribution in [0.1, 0.15) is 32.3 Å². The van der Waals surface area contributed by atoms with Crippen LogP contribution in [0.5, 0.6) is 0 Å². The summed E-state index contributed by atoms with van der Waals surface area (Å²) in [6, 6.07) is 9.92. The van der Waals surface area contributed by atoms with E-state index in [9.17, 15) is 4.79 Å². The molecule has 1 saturated heterocycles. The standard InChI is InChI=1S/C18H23N3O/c1-18(2)9-5-11-20-16(18)17(22)21-12-14-7-3-6-13-8-4-10-19-15(13)14/h3-4,6-8,10,16,20H,5,9,11-12H2,1-2H3,(H,21,22). The molecule has 1 amide bonds. The van der Waals surface area contributed by atoms with Crippen molar-refractivity contribution in [2.75, 3.05) is 6.54 Å². The molecule has 1 aliphatic heterocycles. The summed E-state index contributed by atoms with van der Waals surface area (Å²) in [5.41, 5.74) is 2.01. The maximum atomic E-state index is 12.5. The van der Waals surface area contributed by atoms with Gasteiger partial charge < -0.3 is 10.6 Å². The van der Waals surface area contributed by atoms with Gasteiger partial charge in [-0.05, 0) is 36.4 Å². The van der Waals surface area contributed by atoms with Gasteiger partial charge in [-0.15, -0.1) is 0 Å². The number of carbonyl (C=O) groups is 1. The fourth-order valence-electron chi connectivity index (χ4n) is 3.25. The van der Waals surface area contributed by atoms with Crippen LogP contribution in [-0.4, -0.2) is 23.5 Å². The lowest BCUT2D eigenvalue weighted by Gasteiger charge is -2.38. The summed E-state index contributed by atoms with van der Waals surface area (Å²) in [5, 5.41) is 7.53. The summed E-state index contributed by atoms with van der Waals surface area (Å²) in [5.74, 6) is 0.0811. The van der Waals surface area contributed by atoms with Crippen molar-refractivity contribution in [1.82, 2.24) is 15.6 Å². The fourth-order valence-corrected chi connectivity index (χ4v) is 3.25. The van der Waals surface area contributed by atoms with E-state index in [1.807, 2.05) is 30.3 Å². The summed E-state index contributed by atoms with van der Waals surface area (Å²) in [6.45, 7) is 5.74. The van der Waals surface area contributed by atoms with E-state index in [0.29, 0.717) is 6.54 Å². The van der Waals surface area contributed by atoms with Gasteiger partial charge in [-0.25, -0.2) is 0 Å². The maximum absolute atomic E-state index is 12.5. The molecule has 2 N–H and O–H groups in total. The lowest BCUT2D eigenvalue weighted by atomic mass is 9.77. The molecular weight excluding hydrogens is 274 g/mol. The van der Waals surface area contributed by atoms with Gasteiger partial charge in [-0.3, -0.25) is 9.78 Å². The topological polar surface area (TPSA) is 54.0 Å². The summed E-state index contributed by atoms with van der Waals surface area (Å²) >= 11 is 0. The smallest absolute Gasteiger partial charge is 0.237 e. The predicted octanol–water partition coefficient (Wildman–Crippen LogP) is 2.63. The fraction of sp³-hybridized carbons (Fsp3) is 0.444. The Hall–Kier alpha value is -1.94. The lowest BCUT2D eigenvalue weighted by molar-refractivity contribution is -0.126. The third-order valence-electron chi connectivity index (χ3n) is 4.56. The van der Waals surface area contributed by atoms with E-state index < -0.39 is 0 Å². The average Bonchev–Trinajstić information content (AvgIpc) is 2.52. The van der Waals surface area contributed by atoms with Gasteiger partial charge in [0.05, 0.1) is 11.6 Å². The van der Waals surface area contributed by atoms with Crippen molar-refractivity contribution >= 4 is 16.8 Å². The lowest BCUT2D eigenvalue weighted by Crippen LogP contribution is -2.55. The van der Waals surface area contributed by atoms with Crippen molar-refractivity contribution in [3.63, 3.8) is 0 Å². The van der Waals surface area contributed by atoms with Crippen LogP contribution in [0.3, 0.4) is 0 Å². The summed E-state index contributed by atoms with van der Waals surface area (Å²) in [4.78, 5) is 17.0. The summed E-state index contributed by atoms with van der Waals surface area (Å²) in [6.07, 6.45) is 4.00. The van der Waals surface area contributed by atoms with E-state index in [2.05, 4.69) is 29.5 Å². The van der Waals surface area contributed by atoms with Crippen molar-refractivity contribution in [3.8, 4) is 0 Å². The molecule has 0 spiro atoms. The Morgan fingerprint density at radius 3 is 3.00 bits per heavy atom. The Morgan fingerprint density at radius 2 is 2.18 bits per heavy atom. The highest BCUT2D eigenvalue weighted by atomic mass is 16.2. The summed E-state index contributed by atoms with van der Waals surface area (Å²) in [7, 11) is 0. The molecule has 2 heterocycles. The zero-order valence-electron chi connectivity index (χ0n) is 13.2. The number of fused-ring (bicyclic) bond motifs is 1. The molecule has 1 fully saturated rings. The Kier molecular flexibility index (Phi) is 4.12. The molecule has 4 nitrogen and oxygen atoms in total. The number of hydrogen-bond donors (Lipinski definition) is 2. The largest absolute Gasteiger partial charge is 0.351 e. The number of pyridine rings is 1. The van der Waals surface area contributed by atoms with Crippen LogP contribution < -0.4 is 10.6 Å². The second kappa shape index (κ2) is 6.05. The first-order valence-corrected chi connectivity index (χ1v) is 7.92. The molecule has 0 saturated carbocycles. The highest BCUT2D eigenvalue weighted by Gasteiger charge is 2.36. The minimum absolute atomic E-state index is 0.000656. The molecule has 1 aromatic carbocycles. The molecule has 1 aliphatic rings. The van der Waals surface area contributed by atoms with E-state index in [0.717, 1.165) is 35.9 Å². The zero-order chi connectivity index (χ0) is 15.6. The van der Waals surface area contributed by atoms with Gasteiger partial charge in [0.2, 0.25) is 5.91 Å². The third kappa shape index (κ3) is 2.97. The number of aromatic nitrogens is 1. The second-order valence-corrected chi connectivity index (χ2v) is 6.69. The molecule has 22 heavy (non-hydrogen) atoms. The van der Waals surface area contributed by atoms with Crippen LogP contribution in [0.25, 0.3) is 10.9 Å². The molecule has 3 rings (SSSR count). The number of benzene rings is 1. The van der Waals surface area contributed by atoms with Crippen molar-refractivity contribution in [1.29, 1.82) is 0 Å². The van der Waals surface area contributed by atoms with E-state index in [-0.39, 0.29) is 17.4 Å². The minimum atomic E-state index is -0.121. The van der Waals surface area contributed by atoms with Crippen LogP contribution in [0.2, 0.25) is 0 Å². The number of nitrogens with zero attached hydrogens (tertiary/aromatic N) is 1. The average molecular weight is 297 g/mol. The van der Waals surface area contributed by atoms with Crippen molar-refractivity contribution in [2.45, 2.75) is 39.3 Å². The van der Waals surface area contributed by atoms with Crippen LogP contribution in [0.15, 0.2) is 36.5 Å². The van der Waals surface area contributed by atoms with Crippen molar-refractivity contribution < 1.29 is 4.79 Å². The number of amides is 1. The SMILES string of the molecule is CC1(C)CCCNC1C(=O)NCc1cccc2cccnc12. The zero-order valence-corrected chi connectivity index (χ0v) is 13.2. The summed E-state index contributed by atoms with van der Waals surface area (Å²) < 4.78 is 0. The Morgan fingerprint density at radius 1 is 1.36 bits per heavy atom. The molecule has 4 heteroatoms. The van der Waals surface area contributed by atoms with Crippen molar-refractivity contribution in [3.05, 3.63) is 42.1 Å². The first kappa shape index (κ1) is 15.0. The molecule has 0 bridgehead atoms. The molecule has 0 aliphatic carbocycles. The highest BCUT2D eigenvalue weighted by molar-refractivity contribution is 5.84. The van der Waals surface area contributed by atoms with Crippen LogP contribution in [0.4, 0.5) is 0 Å². The van der Waals surface area contributed by atoms with Gasteiger partial charge >= 0.3 is 0 Å². The van der Waals surface area contributed by atoms with Crippen LogP contribution in [-0.2, 0) is 11.3 Å². The predicted molar refractivity (Wildman–Crippen MR) is 88.4 cm³/mol. The van der Waals surface area contributed by atoms with E-state index >= 15 is 0 Å². The van der Waals surface area contributed by atoms with Crippen LogP contribution >= 0.6 is 0 Å². The molecular formula is C18H23N3O. The molecule has 1 unspecified atom stereocenters. The van der Waals surface area contributed by atoms with Gasteiger partial charge in [0.15, 0.2) is 0 Å². The minimum Gasteiger partial charge on any atom is -0.351 e. The normalized spacial score (nSPS) is 20.7. The number of nitrogens with one attached hydrogen (secondary N) is 2. The van der Waals surface area contributed by atoms with Gasteiger partial charge in [-0.2, -0.15) is 0 Å². The Balaban J connectivity index is 1.72. The van der Waals surface area contributed by atoms with Gasteiger partial charge in [0.1, 0.15) is 0 Å². The monoisotopic (exact) mass is 297 g/mol. The molecule has 0 radical (unpaired) electrons. The van der Waals surface area contributed by atoms with E-state index in [4.69, 9.17) is 0 Å². The number of piperidine rings is 1. The Labute approximate surface area is 131 Å². The number of carbonyl (C=O) groups excluding carboxylic acids is 1. The third-order valence-corrected chi connectivity index (χ3v) is 4.56. The number of hydrogen-bond acceptors (Lipinski definition) is 3. The maximum Gasteiger partial charge on any atom is 0.237 e. The first-order valence-electron chi connectivity index (χ1n) is 7.92. The van der Waals surface area contributed by atoms with Gasteiger partial charge in [0.25, 0.3) is 0 Å². The number of rotatable bonds is 3. The highest BCUT2D eigenvalue weighted by Crippen LogP contribution is 2.30. The number of para-hydroxylation sites is 1. The van der Waals surface area contributed by atoms with E-state index in [1.54, 1.807) is 6.20 Å². The van der Waals surface area contributed by atoms with Crippen molar-refractivity contribution in [2.24, 2.45) is 5.41 Å². The quantitative estimate of drug-likeness (QED) is 0.915. The molecule has 1 aromatic heterocycles. The van der Waals surface area contributed by atoms with Gasteiger partial charge in [0, 0.05) is 18.1 Å². The molecule has 2 aromatic rings. The van der Waals surface area contributed by atoms with Gasteiger partial charge in [-0.1, -0.05) is 38.1 Å². The Bertz CT molecular complexity index is 676. The molecule has 1 atom stereocenters. The van der Waals surface area contributed by atoms with E-state index in [1.165, 1.54) is 0 Å². The second-order valence-electron chi connectivity index (χ2n) is 6.69.